The van der Waals surface area contributed by atoms with E-state index in [1.165, 1.54) is 0 Å². The highest BCUT2D eigenvalue weighted by atomic mass is 16.5. The molecule has 0 bridgehead atoms. The number of nitrogens with zero attached hydrogens (tertiary/aromatic N) is 4. The van der Waals surface area contributed by atoms with E-state index in [4.69, 9.17) is 4.74 Å². The number of aryl methyl sites for hydroxylation is 1. The van der Waals surface area contributed by atoms with Gasteiger partial charge in [-0.25, -0.2) is 9.97 Å². The van der Waals surface area contributed by atoms with Crippen molar-refractivity contribution in [1.82, 2.24) is 19.4 Å². The van der Waals surface area contributed by atoms with Crippen molar-refractivity contribution >= 4 is 22.5 Å². The number of carbonyl (C=O) groups is 1. The number of ether oxygens (including phenoxy) is 1. The highest BCUT2D eigenvalue weighted by molar-refractivity contribution is 5.94. The van der Waals surface area contributed by atoms with Crippen LogP contribution in [0.2, 0.25) is 0 Å². The van der Waals surface area contributed by atoms with Gasteiger partial charge in [0.05, 0.1) is 31.1 Å². The molecule has 1 aromatic carbocycles. The van der Waals surface area contributed by atoms with Crippen LogP contribution in [0.3, 0.4) is 0 Å². The Morgan fingerprint density at radius 1 is 1.25 bits per heavy atom. The maximum Gasteiger partial charge on any atom is 0.239 e. The molecule has 3 heterocycles. The van der Waals surface area contributed by atoms with Crippen molar-refractivity contribution in [2.75, 3.05) is 31.6 Å². The van der Waals surface area contributed by atoms with Crippen molar-refractivity contribution in [2.45, 2.75) is 20.0 Å². The maximum atomic E-state index is 12.4. The van der Waals surface area contributed by atoms with Crippen LogP contribution < -0.4 is 5.32 Å². The number of fused-ring (bicyclic) bond motifs is 1. The van der Waals surface area contributed by atoms with Crippen LogP contribution in [0.4, 0.5) is 5.82 Å². The Morgan fingerprint density at radius 2 is 2.11 bits per heavy atom. The smallest absolute Gasteiger partial charge is 0.239 e. The number of carbonyl (C=O) groups excluding carboxylic acids is 1. The van der Waals surface area contributed by atoms with Crippen LogP contribution >= 0.6 is 0 Å². The van der Waals surface area contributed by atoms with Crippen LogP contribution in [0, 0.1) is 6.92 Å². The first kappa shape index (κ1) is 18.6. The highest BCUT2D eigenvalue weighted by Crippen LogP contribution is 2.25. The number of rotatable bonds is 4. The van der Waals surface area contributed by atoms with Gasteiger partial charge in [0.25, 0.3) is 0 Å². The Balaban J connectivity index is 1.51. The van der Waals surface area contributed by atoms with E-state index in [2.05, 4.69) is 36.9 Å². The molecule has 0 radical (unpaired) electrons. The van der Waals surface area contributed by atoms with E-state index in [1.54, 1.807) is 6.20 Å². The number of aromatic nitrogens is 3. The van der Waals surface area contributed by atoms with Crippen molar-refractivity contribution in [3.63, 3.8) is 0 Å². The summed E-state index contributed by atoms with van der Waals surface area (Å²) in [4.78, 5) is 23.3. The quantitative estimate of drug-likeness (QED) is 0.754. The van der Waals surface area contributed by atoms with Crippen molar-refractivity contribution in [1.29, 1.82) is 0 Å². The van der Waals surface area contributed by atoms with Crippen LogP contribution in [0.25, 0.3) is 22.0 Å². The molecule has 1 aliphatic rings. The molecular formula is C21H25N5O2. The summed E-state index contributed by atoms with van der Waals surface area (Å²) in [6, 6.07) is 8.13. The van der Waals surface area contributed by atoms with Gasteiger partial charge in [0.2, 0.25) is 5.91 Å². The minimum atomic E-state index is -0.0561. The number of morpholine rings is 1. The van der Waals surface area contributed by atoms with E-state index < -0.39 is 0 Å². The second kappa shape index (κ2) is 7.69. The topological polar surface area (TPSA) is 72.3 Å². The first-order valence-electron chi connectivity index (χ1n) is 9.52. The van der Waals surface area contributed by atoms with Gasteiger partial charge in [-0.1, -0.05) is 12.1 Å². The van der Waals surface area contributed by atoms with E-state index in [1.807, 2.05) is 39.2 Å². The summed E-state index contributed by atoms with van der Waals surface area (Å²) in [5.74, 6) is 1.48. The predicted molar refractivity (Wildman–Crippen MR) is 109 cm³/mol. The lowest BCUT2D eigenvalue weighted by Crippen LogP contribution is -2.44. The molecule has 0 saturated carbocycles. The van der Waals surface area contributed by atoms with E-state index >= 15 is 0 Å². The number of anilines is 1. The number of imidazole rings is 1. The SMILES string of the molecule is Cc1ncc(-c2ccc3cnc(NC(=O)CN4CCOC(C)C4)cc3c2)n1C. The van der Waals surface area contributed by atoms with Crippen LogP contribution in [0.5, 0.6) is 0 Å². The number of benzene rings is 1. The molecule has 1 amide bonds. The third-order valence-electron chi connectivity index (χ3n) is 5.20. The van der Waals surface area contributed by atoms with Crippen LogP contribution in [0.1, 0.15) is 12.7 Å². The Morgan fingerprint density at radius 3 is 2.86 bits per heavy atom. The minimum absolute atomic E-state index is 0.0561. The van der Waals surface area contributed by atoms with Gasteiger partial charge in [0, 0.05) is 37.3 Å². The largest absolute Gasteiger partial charge is 0.376 e. The minimum Gasteiger partial charge on any atom is -0.376 e. The summed E-state index contributed by atoms with van der Waals surface area (Å²) in [6.45, 7) is 6.57. The molecule has 7 nitrogen and oxygen atoms in total. The summed E-state index contributed by atoms with van der Waals surface area (Å²) in [5, 5.41) is 4.98. The number of hydrogen-bond donors (Lipinski definition) is 1. The number of pyridine rings is 1. The third-order valence-corrected chi connectivity index (χ3v) is 5.20. The normalized spacial score (nSPS) is 17.8. The fraction of sp³-hybridized carbons (Fsp3) is 0.381. The van der Waals surface area contributed by atoms with Gasteiger partial charge in [-0.05, 0) is 31.4 Å². The standard InChI is InChI=1S/C21H25N5O2/c1-14-12-26(6-7-28-14)13-21(27)24-20-9-18-8-16(4-5-17(18)10-23-20)19-11-22-15(2)25(19)3/h4-5,8-11,14H,6-7,12-13H2,1-3H3,(H,23,24,27). The molecule has 4 rings (SSSR count). The predicted octanol–water partition coefficient (Wildman–Crippen LogP) is 2.60. The lowest BCUT2D eigenvalue weighted by Gasteiger charge is -2.30. The Hall–Kier alpha value is -2.77. The molecule has 1 N–H and O–H groups in total. The highest BCUT2D eigenvalue weighted by Gasteiger charge is 2.19. The van der Waals surface area contributed by atoms with Crippen LogP contribution in [0.15, 0.2) is 36.7 Å². The summed E-state index contributed by atoms with van der Waals surface area (Å²) < 4.78 is 7.59. The van der Waals surface area contributed by atoms with Gasteiger partial charge in [-0.15, -0.1) is 0 Å². The summed E-state index contributed by atoms with van der Waals surface area (Å²) >= 11 is 0. The molecule has 1 atom stereocenters. The van der Waals surface area contributed by atoms with Gasteiger partial charge in [0.1, 0.15) is 11.6 Å². The second-order valence-electron chi connectivity index (χ2n) is 7.35. The van der Waals surface area contributed by atoms with E-state index in [0.717, 1.165) is 40.9 Å². The molecular weight excluding hydrogens is 354 g/mol. The van der Waals surface area contributed by atoms with E-state index in [0.29, 0.717) is 19.0 Å². The molecule has 3 aromatic rings. The fourth-order valence-electron chi connectivity index (χ4n) is 3.56. The summed E-state index contributed by atoms with van der Waals surface area (Å²) in [6.07, 6.45) is 3.83. The average Bonchev–Trinajstić information content (AvgIpc) is 3.00. The molecule has 146 valence electrons. The zero-order chi connectivity index (χ0) is 19.7. The molecule has 7 heteroatoms. The molecule has 2 aromatic heterocycles. The monoisotopic (exact) mass is 379 g/mol. The molecule has 0 aliphatic carbocycles. The first-order chi connectivity index (χ1) is 13.5. The lowest BCUT2D eigenvalue weighted by atomic mass is 10.1. The van der Waals surface area contributed by atoms with Crippen LogP contribution in [-0.4, -0.2) is 57.7 Å². The zero-order valence-electron chi connectivity index (χ0n) is 16.5. The van der Waals surface area contributed by atoms with Crippen LogP contribution in [-0.2, 0) is 16.6 Å². The second-order valence-corrected chi connectivity index (χ2v) is 7.35. The van der Waals surface area contributed by atoms with Crippen molar-refractivity contribution < 1.29 is 9.53 Å². The Bertz CT molecular complexity index is 1010. The van der Waals surface area contributed by atoms with Gasteiger partial charge in [-0.2, -0.15) is 0 Å². The van der Waals surface area contributed by atoms with E-state index in [9.17, 15) is 4.79 Å². The first-order valence-corrected chi connectivity index (χ1v) is 9.52. The summed E-state index contributed by atoms with van der Waals surface area (Å²) in [5.41, 5.74) is 2.14. The van der Waals surface area contributed by atoms with Crippen molar-refractivity contribution in [3.05, 3.63) is 42.5 Å². The molecule has 0 spiro atoms. The zero-order valence-corrected chi connectivity index (χ0v) is 16.5. The fourth-order valence-corrected chi connectivity index (χ4v) is 3.56. The van der Waals surface area contributed by atoms with Gasteiger partial charge >= 0.3 is 0 Å². The maximum absolute atomic E-state index is 12.4. The molecule has 1 aliphatic heterocycles. The Kier molecular flexibility index (Phi) is 5.11. The molecule has 1 fully saturated rings. The van der Waals surface area contributed by atoms with E-state index in [-0.39, 0.29) is 12.0 Å². The van der Waals surface area contributed by atoms with Gasteiger partial charge in [0.15, 0.2) is 0 Å². The summed E-state index contributed by atoms with van der Waals surface area (Å²) in [7, 11) is 2.01. The Labute approximate surface area is 164 Å². The number of hydrogen-bond acceptors (Lipinski definition) is 5. The lowest BCUT2D eigenvalue weighted by molar-refractivity contribution is -0.119. The number of nitrogens with one attached hydrogen (secondary N) is 1. The van der Waals surface area contributed by atoms with Gasteiger partial charge < -0.3 is 14.6 Å². The van der Waals surface area contributed by atoms with Crippen molar-refractivity contribution in [2.24, 2.45) is 7.05 Å². The third kappa shape index (κ3) is 3.90. The number of amides is 1. The van der Waals surface area contributed by atoms with Crippen molar-refractivity contribution in [3.8, 4) is 11.3 Å². The molecule has 28 heavy (non-hydrogen) atoms. The average molecular weight is 379 g/mol. The molecule has 1 saturated heterocycles. The molecule has 1 unspecified atom stereocenters. The van der Waals surface area contributed by atoms with Gasteiger partial charge in [-0.3, -0.25) is 9.69 Å².